The lowest BCUT2D eigenvalue weighted by Crippen LogP contribution is -2.17. The summed E-state index contributed by atoms with van der Waals surface area (Å²) in [6.07, 6.45) is 2.24. The first-order valence-corrected chi connectivity index (χ1v) is 4.70. The lowest BCUT2D eigenvalue weighted by molar-refractivity contribution is -0.148. The highest BCUT2D eigenvalue weighted by Gasteiger charge is 2.50. The fourth-order valence-corrected chi connectivity index (χ4v) is 1.77. The summed E-state index contributed by atoms with van der Waals surface area (Å²) in [5.74, 6) is -0.155. The largest absolute Gasteiger partial charge is 0.460 e. The number of esters is 1. The number of carbonyl (C=O) groups excluding carboxylic acids is 1. The zero-order valence-electron chi connectivity index (χ0n) is 7.16. The fourth-order valence-electron chi connectivity index (χ4n) is 1.71. The highest BCUT2D eigenvalue weighted by atomic mass is 35.5. The zero-order chi connectivity index (χ0) is 9.42. The average Bonchev–Trinajstić information content (AvgIpc) is 2.69. The first-order chi connectivity index (χ1) is 6.16. The molecule has 0 spiro atoms. The van der Waals surface area contributed by atoms with Crippen LogP contribution in [0.15, 0.2) is 11.6 Å². The zero-order valence-corrected chi connectivity index (χ0v) is 7.92. The molecular formula is C9H11ClO3. The minimum atomic E-state index is -0.169. The van der Waals surface area contributed by atoms with Crippen molar-refractivity contribution in [3.05, 3.63) is 11.6 Å². The van der Waals surface area contributed by atoms with Crippen LogP contribution in [-0.4, -0.2) is 24.8 Å². The molecule has 2 atom stereocenters. The van der Waals surface area contributed by atoms with E-state index in [0.717, 1.165) is 12.8 Å². The van der Waals surface area contributed by atoms with Crippen LogP contribution < -0.4 is 0 Å². The smallest absolute Gasteiger partial charge is 0.309 e. The number of epoxide rings is 1. The van der Waals surface area contributed by atoms with Crippen LogP contribution in [0.5, 0.6) is 0 Å². The Morgan fingerprint density at radius 1 is 1.54 bits per heavy atom. The van der Waals surface area contributed by atoms with E-state index >= 15 is 0 Å². The molecule has 0 amide bonds. The Morgan fingerprint density at radius 2 is 2.15 bits per heavy atom. The average molecular weight is 203 g/mol. The molecule has 2 rings (SSSR count). The third-order valence-electron chi connectivity index (χ3n) is 2.43. The minimum absolute atomic E-state index is 0.0137. The summed E-state index contributed by atoms with van der Waals surface area (Å²) < 4.78 is 10.1. The van der Waals surface area contributed by atoms with Crippen molar-refractivity contribution in [3.63, 3.8) is 0 Å². The molecule has 4 heteroatoms. The topological polar surface area (TPSA) is 38.8 Å². The van der Waals surface area contributed by atoms with Crippen LogP contribution in [0, 0.1) is 5.92 Å². The van der Waals surface area contributed by atoms with Gasteiger partial charge in [0.15, 0.2) is 0 Å². The van der Waals surface area contributed by atoms with Gasteiger partial charge in [-0.3, -0.25) is 4.79 Å². The van der Waals surface area contributed by atoms with Gasteiger partial charge in [0.25, 0.3) is 0 Å². The lowest BCUT2D eigenvalue weighted by Gasteiger charge is -2.10. The van der Waals surface area contributed by atoms with Crippen molar-refractivity contribution in [3.8, 4) is 0 Å². The van der Waals surface area contributed by atoms with E-state index < -0.39 is 0 Å². The van der Waals surface area contributed by atoms with Gasteiger partial charge in [-0.15, -0.1) is 0 Å². The first kappa shape index (κ1) is 9.03. The lowest BCUT2D eigenvalue weighted by atomic mass is 10.1. The molecule has 1 saturated heterocycles. The van der Waals surface area contributed by atoms with E-state index in [1.165, 1.54) is 0 Å². The van der Waals surface area contributed by atoms with E-state index in [9.17, 15) is 4.79 Å². The molecule has 2 unspecified atom stereocenters. The molecule has 0 aromatic carbocycles. The molecule has 13 heavy (non-hydrogen) atoms. The number of hydrogen-bond donors (Lipinski definition) is 0. The van der Waals surface area contributed by atoms with E-state index in [4.69, 9.17) is 21.1 Å². The standard InChI is InChI=1S/C9H11ClO3/c1-5(10)4-12-9(11)6-2-7-8(3-6)13-7/h6-8H,1-4H2. The van der Waals surface area contributed by atoms with Gasteiger partial charge in [0.05, 0.1) is 18.1 Å². The highest BCUT2D eigenvalue weighted by Crippen LogP contribution is 2.42. The van der Waals surface area contributed by atoms with Crippen molar-refractivity contribution in [2.24, 2.45) is 5.92 Å². The molecule has 0 radical (unpaired) electrons. The Hall–Kier alpha value is -0.540. The van der Waals surface area contributed by atoms with Crippen molar-refractivity contribution in [1.29, 1.82) is 0 Å². The summed E-state index contributed by atoms with van der Waals surface area (Å²) in [6, 6.07) is 0. The van der Waals surface area contributed by atoms with Crippen LogP contribution in [0.2, 0.25) is 0 Å². The Morgan fingerprint density at radius 3 is 2.69 bits per heavy atom. The highest BCUT2D eigenvalue weighted by molar-refractivity contribution is 6.29. The number of ether oxygens (including phenoxy) is 2. The summed E-state index contributed by atoms with van der Waals surface area (Å²) in [6.45, 7) is 3.56. The Labute approximate surface area is 81.6 Å². The summed E-state index contributed by atoms with van der Waals surface area (Å²) in [5, 5.41) is 0.354. The second-order valence-corrected chi connectivity index (χ2v) is 4.04. The quantitative estimate of drug-likeness (QED) is 0.514. The van der Waals surface area contributed by atoms with Gasteiger partial charge in [-0.05, 0) is 12.8 Å². The molecular weight excluding hydrogens is 192 g/mol. The van der Waals surface area contributed by atoms with Crippen LogP contribution in [0.4, 0.5) is 0 Å². The molecule has 1 aliphatic carbocycles. The Kier molecular flexibility index (Phi) is 2.30. The molecule has 1 saturated carbocycles. The second-order valence-electron chi connectivity index (χ2n) is 3.51. The predicted octanol–water partition coefficient (Wildman–Crippen LogP) is 1.46. The van der Waals surface area contributed by atoms with E-state index in [1.807, 2.05) is 0 Å². The molecule has 0 aromatic heterocycles. The predicted molar refractivity (Wildman–Crippen MR) is 47.3 cm³/mol. The van der Waals surface area contributed by atoms with E-state index in [2.05, 4.69) is 6.58 Å². The van der Waals surface area contributed by atoms with Gasteiger partial charge in [-0.25, -0.2) is 0 Å². The maximum Gasteiger partial charge on any atom is 0.309 e. The molecule has 0 N–H and O–H groups in total. The van der Waals surface area contributed by atoms with E-state index in [-0.39, 0.29) is 18.5 Å². The van der Waals surface area contributed by atoms with Crippen LogP contribution in [0.1, 0.15) is 12.8 Å². The van der Waals surface area contributed by atoms with Gasteiger partial charge in [0, 0.05) is 5.03 Å². The molecule has 72 valence electrons. The first-order valence-electron chi connectivity index (χ1n) is 4.32. The monoisotopic (exact) mass is 202 g/mol. The van der Waals surface area contributed by atoms with E-state index in [0.29, 0.717) is 17.2 Å². The van der Waals surface area contributed by atoms with Crippen LogP contribution in [-0.2, 0) is 14.3 Å². The fraction of sp³-hybridized carbons (Fsp3) is 0.667. The molecule has 1 aliphatic heterocycles. The van der Waals surface area contributed by atoms with Crippen LogP contribution >= 0.6 is 11.6 Å². The SMILES string of the molecule is C=C(Cl)COC(=O)C1CC2OC2C1. The number of hydrogen-bond acceptors (Lipinski definition) is 3. The maximum absolute atomic E-state index is 11.3. The minimum Gasteiger partial charge on any atom is -0.460 e. The number of carbonyl (C=O) groups is 1. The van der Waals surface area contributed by atoms with Gasteiger partial charge in [-0.2, -0.15) is 0 Å². The third kappa shape index (κ3) is 2.03. The second kappa shape index (κ2) is 3.31. The molecule has 2 aliphatic rings. The number of rotatable bonds is 3. The normalized spacial score (nSPS) is 35.3. The van der Waals surface area contributed by atoms with Crippen LogP contribution in [0.3, 0.4) is 0 Å². The Balaban J connectivity index is 1.74. The molecule has 2 fully saturated rings. The number of fused-ring (bicyclic) bond motifs is 1. The van der Waals surface area contributed by atoms with Gasteiger partial charge >= 0.3 is 5.97 Å². The van der Waals surface area contributed by atoms with Crippen LogP contribution in [0.25, 0.3) is 0 Å². The van der Waals surface area contributed by atoms with Gasteiger partial charge in [0.2, 0.25) is 0 Å². The van der Waals surface area contributed by atoms with Crippen molar-refractivity contribution >= 4 is 17.6 Å². The molecule has 1 heterocycles. The molecule has 0 bridgehead atoms. The van der Waals surface area contributed by atoms with Gasteiger partial charge in [-0.1, -0.05) is 18.2 Å². The van der Waals surface area contributed by atoms with E-state index in [1.54, 1.807) is 0 Å². The van der Waals surface area contributed by atoms with Crippen molar-refractivity contribution in [2.75, 3.05) is 6.61 Å². The summed E-state index contributed by atoms with van der Waals surface area (Å²) in [5.41, 5.74) is 0. The van der Waals surface area contributed by atoms with Crippen molar-refractivity contribution < 1.29 is 14.3 Å². The maximum atomic E-state index is 11.3. The summed E-state index contributed by atoms with van der Waals surface area (Å²) >= 11 is 5.47. The molecule has 0 aromatic rings. The summed E-state index contributed by atoms with van der Waals surface area (Å²) in [7, 11) is 0. The number of halogens is 1. The van der Waals surface area contributed by atoms with Gasteiger partial charge < -0.3 is 9.47 Å². The molecule has 3 nitrogen and oxygen atoms in total. The third-order valence-corrected chi connectivity index (χ3v) is 2.53. The van der Waals surface area contributed by atoms with Crippen molar-refractivity contribution in [2.45, 2.75) is 25.0 Å². The van der Waals surface area contributed by atoms with Gasteiger partial charge in [0.1, 0.15) is 6.61 Å². The van der Waals surface area contributed by atoms with Crippen molar-refractivity contribution in [1.82, 2.24) is 0 Å². The summed E-state index contributed by atoms with van der Waals surface area (Å²) in [4.78, 5) is 11.3. The Bertz CT molecular complexity index is 241.